The Morgan fingerprint density at radius 1 is 0.232 bits per heavy atom. The third-order valence-electron chi connectivity index (χ3n) is 16.5. The van der Waals surface area contributed by atoms with Crippen LogP contribution in [0.2, 0.25) is 0 Å². The minimum atomic E-state index is 0.901. The van der Waals surface area contributed by atoms with Gasteiger partial charge in [0.05, 0.1) is 22.1 Å². The summed E-state index contributed by atoms with van der Waals surface area (Å²) in [5.41, 5.74) is 23.5. The van der Waals surface area contributed by atoms with Gasteiger partial charge in [-0.2, -0.15) is 0 Å². The van der Waals surface area contributed by atoms with Gasteiger partial charge < -0.3 is 18.5 Å². The van der Waals surface area contributed by atoms with Gasteiger partial charge in [-0.15, -0.1) is 0 Å². The molecule has 82 heavy (non-hydrogen) atoms. The maximum absolute atomic E-state index is 6.48. The Kier molecular flexibility index (Phi) is 11.2. The number of anilines is 3. The van der Waals surface area contributed by atoms with Crippen LogP contribution < -0.4 is 4.90 Å². The van der Waals surface area contributed by atoms with Gasteiger partial charge in [0, 0.05) is 66.3 Å². The lowest BCUT2D eigenvalue weighted by Crippen LogP contribution is -2.09. The minimum Gasteiger partial charge on any atom is -0.455 e. The lowest BCUT2D eigenvalue weighted by atomic mass is 9.97. The first-order valence-corrected chi connectivity index (χ1v) is 28.1. The predicted octanol–water partition coefficient (Wildman–Crippen LogP) is 21.6. The number of benzene rings is 13. The number of hydrogen-bond donors (Lipinski definition) is 0. The van der Waals surface area contributed by atoms with E-state index < -0.39 is 0 Å². The van der Waals surface area contributed by atoms with Gasteiger partial charge in [0.2, 0.25) is 0 Å². The van der Waals surface area contributed by atoms with Crippen molar-refractivity contribution in [2.45, 2.75) is 0 Å². The number of rotatable bonds is 10. The molecule has 13 aromatic carbocycles. The quantitative estimate of drug-likeness (QED) is 0.136. The molecule has 0 saturated heterocycles. The zero-order valence-corrected chi connectivity index (χ0v) is 44.7. The summed E-state index contributed by atoms with van der Waals surface area (Å²) in [6.45, 7) is 0. The van der Waals surface area contributed by atoms with Gasteiger partial charge in [0.15, 0.2) is 0 Å². The first-order valence-electron chi connectivity index (χ1n) is 28.1. The molecule has 0 spiro atoms. The molecule has 0 amide bonds. The normalized spacial score (nSPS) is 11.7. The van der Waals surface area contributed by atoms with E-state index in [4.69, 9.17) is 4.42 Å². The summed E-state index contributed by atoms with van der Waals surface area (Å²) in [6.07, 6.45) is 0. The Bertz CT molecular complexity index is 5030. The second kappa shape index (κ2) is 19.5. The molecular weight excluding hydrogens is 995 g/mol. The molecule has 4 nitrogen and oxygen atoms in total. The van der Waals surface area contributed by atoms with Crippen molar-refractivity contribution in [3.8, 4) is 67.0 Å². The minimum absolute atomic E-state index is 0.901. The second-order valence-corrected chi connectivity index (χ2v) is 21.3. The summed E-state index contributed by atoms with van der Waals surface area (Å²) in [6, 6.07) is 112. The van der Waals surface area contributed by atoms with Crippen LogP contribution in [0.1, 0.15) is 0 Å². The number of furan rings is 1. The van der Waals surface area contributed by atoms with Crippen LogP contribution in [0.5, 0.6) is 0 Å². The SMILES string of the molecule is c1ccc(-n2c3ccccc3c3ccc(-c4cccc(-c5ccc(N(c6ccc(-c7cccc(-c8cccc9c8oc8ccccc89)c7)cc6)c6ccc(-c7cccc(-n8c9ccccc9c9ccccc98)c7)cc6)cc5)c4)cc32)cc1. The van der Waals surface area contributed by atoms with E-state index in [1.807, 2.05) is 12.1 Å². The molecule has 0 atom stereocenters. The van der Waals surface area contributed by atoms with Crippen molar-refractivity contribution in [2.75, 3.05) is 4.90 Å². The maximum atomic E-state index is 6.48. The van der Waals surface area contributed by atoms with Crippen LogP contribution in [0.15, 0.2) is 314 Å². The fourth-order valence-electron chi connectivity index (χ4n) is 12.6. The van der Waals surface area contributed by atoms with E-state index in [1.54, 1.807) is 0 Å². The second-order valence-electron chi connectivity index (χ2n) is 21.3. The molecule has 16 aromatic rings. The van der Waals surface area contributed by atoms with Crippen molar-refractivity contribution in [2.24, 2.45) is 0 Å². The molecule has 3 heterocycles. The van der Waals surface area contributed by atoms with Gasteiger partial charge >= 0.3 is 0 Å². The molecule has 4 heteroatoms. The van der Waals surface area contributed by atoms with E-state index in [1.165, 1.54) is 54.7 Å². The number of para-hydroxylation sites is 6. The highest BCUT2D eigenvalue weighted by Gasteiger charge is 2.19. The predicted molar refractivity (Wildman–Crippen MR) is 344 cm³/mol. The summed E-state index contributed by atoms with van der Waals surface area (Å²) >= 11 is 0. The fraction of sp³-hybridized carbons (Fsp3) is 0. The highest BCUT2D eigenvalue weighted by molar-refractivity contribution is 6.12. The van der Waals surface area contributed by atoms with E-state index >= 15 is 0 Å². The van der Waals surface area contributed by atoms with E-state index in [9.17, 15) is 0 Å². The molecule has 0 saturated carbocycles. The molecule has 0 fully saturated rings. The van der Waals surface area contributed by atoms with Crippen molar-refractivity contribution in [1.82, 2.24) is 9.13 Å². The van der Waals surface area contributed by atoms with E-state index in [2.05, 4.69) is 311 Å². The van der Waals surface area contributed by atoms with Gasteiger partial charge in [0.1, 0.15) is 11.2 Å². The van der Waals surface area contributed by atoms with Gasteiger partial charge in [-0.1, -0.05) is 206 Å². The Labute approximate surface area is 474 Å². The smallest absolute Gasteiger partial charge is 0.143 e. The molecule has 16 rings (SSSR count). The van der Waals surface area contributed by atoms with Crippen molar-refractivity contribution < 1.29 is 4.42 Å². The zero-order chi connectivity index (χ0) is 54.1. The number of fused-ring (bicyclic) bond motifs is 9. The van der Waals surface area contributed by atoms with Crippen LogP contribution in [0.3, 0.4) is 0 Å². The van der Waals surface area contributed by atoms with E-state index in [-0.39, 0.29) is 0 Å². The molecule has 0 radical (unpaired) electrons. The van der Waals surface area contributed by atoms with Crippen LogP contribution in [0.25, 0.3) is 133 Å². The molecule has 0 aliphatic rings. The fourth-order valence-corrected chi connectivity index (χ4v) is 12.6. The zero-order valence-electron chi connectivity index (χ0n) is 44.7. The standard InChI is InChI=1S/C78H51N3O/c1-2-21-61(22-3-1)80-73-30-8-6-26-69(73)70-47-40-59(51-76(70)80)57-18-12-16-55(48-57)52-34-41-62(42-35-52)79(63-43-36-53(37-44-63)56-17-13-20-60(49-56)66-28-15-29-72-71-27-7-11-33-77(71)82-78(66)72)64-45-38-54(39-46-64)58-19-14-23-65(50-58)81-74-31-9-4-24-67(74)68-25-5-10-32-75(68)81/h1-51H. The number of hydrogen-bond acceptors (Lipinski definition) is 2. The van der Waals surface area contributed by atoms with Crippen LogP contribution in [0, 0.1) is 0 Å². The van der Waals surface area contributed by atoms with Crippen LogP contribution >= 0.6 is 0 Å². The monoisotopic (exact) mass is 1050 g/mol. The van der Waals surface area contributed by atoms with E-state index in [0.29, 0.717) is 0 Å². The third-order valence-corrected chi connectivity index (χ3v) is 16.5. The highest BCUT2D eigenvalue weighted by atomic mass is 16.3. The topological polar surface area (TPSA) is 26.2 Å². The molecule has 0 N–H and O–H groups in total. The molecule has 0 aliphatic carbocycles. The maximum Gasteiger partial charge on any atom is 0.143 e. The average Bonchev–Trinajstić information content (AvgIpc) is 4.43. The Morgan fingerprint density at radius 3 is 1.21 bits per heavy atom. The van der Waals surface area contributed by atoms with E-state index in [0.717, 1.165) is 94.9 Å². The average molecular weight is 1050 g/mol. The first-order chi connectivity index (χ1) is 40.6. The Hall–Kier alpha value is -10.9. The van der Waals surface area contributed by atoms with Crippen molar-refractivity contribution >= 4 is 82.6 Å². The molecule has 0 aliphatic heterocycles. The Balaban J connectivity index is 0.752. The first kappa shape index (κ1) is 47.1. The molecule has 0 bridgehead atoms. The third kappa shape index (κ3) is 7.99. The largest absolute Gasteiger partial charge is 0.455 e. The summed E-state index contributed by atoms with van der Waals surface area (Å²) in [4.78, 5) is 2.36. The van der Waals surface area contributed by atoms with Crippen molar-refractivity contribution in [3.05, 3.63) is 309 Å². The van der Waals surface area contributed by atoms with Gasteiger partial charge in [-0.3, -0.25) is 0 Å². The van der Waals surface area contributed by atoms with Crippen molar-refractivity contribution in [1.29, 1.82) is 0 Å². The van der Waals surface area contributed by atoms with Gasteiger partial charge in [-0.25, -0.2) is 0 Å². The molecule has 384 valence electrons. The lowest BCUT2D eigenvalue weighted by molar-refractivity contribution is 0.670. The summed E-state index contributed by atoms with van der Waals surface area (Å²) < 4.78 is 11.3. The summed E-state index contributed by atoms with van der Waals surface area (Å²) in [5, 5.41) is 7.27. The molecule has 3 aromatic heterocycles. The molecule has 0 unspecified atom stereocenters. The highest BCUT2D eigenvalue weighted by Crippen LogP contribution is 2.42. The van der Waals surface area contributed by atoms with Crippen LogP contribution in [-0.2, 0) is 0 Å². The van der Waals surface area contributed by atoms with Crippen LogP contribution in [-0.4, -0.2) is 9.13 Å². The molecular formula is C78H51N3O. The Morgan fingerprint density at radius 2 is 0.622 bits per heavy atom. The van der Waals surface area contributed by atoms with Crippen molar-refractivity contribution in [3.63, 3.8) is 0 Å². The van der Waals surface area contributed by atoms with Gasteiger partial charge in [-0.05, 0) is 153 Å². The summed E-state index contributed by atoms with van der Waals surface area (Å²) in [7, 11) is 0. The lowest BCUT2D eigenvalue weighted by Gasteiger charge is -2.26. The number of nitrogens with zero attached hydrogens (tertiary/aromatic N) is 3. The summed E-state index contributed by atoms with van der Waals surface area (Å²) in [5.74, 6) is 0. The van der Waals surface area contributed by atoms with Crippen LogP contribution in [0.4, 0.5) is 17.1 Å². The number of aromatic nitrogens is 2. The van der Waals surface area contributed by atoms with Gasteiger partial charge in [0.25, 0.3) is 0 Å².